The van der Waals surface area contributed by atoms with Crippen molar-refractivity contribution in [3.05, 3.63) is 30.2 Å². The van der Waals surface area contributed by atoms with Crippen LogP contribution in [0.1, 0.15) is 24.7 Å². The van der Waals surface area contributed by atoms with E-state index in [4.69, 9.17) is 9.26 Å². The number of aryl methyl sites for hydroxylation is 1. The van der Waals surface area contributed by atoms with Gasteiger partial charge in [-0.15, -0.1) is 0 Å². The molecule has 0 saturated carbocycles. The van der Waals surface area contributed by atoms with Gasteiger partial charge in [-0.3, -0.25) is 9.58 Å². The minimum Gasteiger partial charge on any atom is -0.363 e. The Hall–Kier alpha value is -1.73. The highest BCUT2D eigenvalue weighted by Gasteiger charge is 2.29. The van der Waals surface area contributed by atoms with Crippen molar-refractivity contribution in [3.63, 3.8) is 0 Å². The lowest BCUT2D eigenvalue weighted by Crippen LogP contribution is -2.44. The number of hydrogen-bond donors (Lipinski definition) is 0. The van der Waals surface area contributed by atoms with Gasteiger partial charge in [-0.05, 0) is 19.9 Å². The lowest BCUT2D eigenvalue weighted by molar-refractivity contribution is -0.0913. The summed E-state index contributed by atoms with van der Waals surface area (Å²) in [4.78, 5) is 6.61. The Morgan fingerprint density at radius 1 is 1.35 bits per heavy atom. The van der Waals surface area contributed by atoms with Gasteiger partial charge in [0, 0.05) is 32.0 Å². The molecular weight excluding hydrogens is 258 g/mol. The Morgan fingerprint density at radius 2 is 2.25 bits per heavy atom. The second-order valence-electron chi connectivity index (χ2n) is 5.14. The fourth-order valence-electron chi connectivity index (χ4n) is 2.48. The summed E-state index contributed by atoms with van der Waals surface area (Å²) in [6.45, 7) is 7.36. The van der Waals surface area contributed by atoms with Crippen LogP contribution in [0.4, 0.5) is 0 Å². The second-order valence-corrected chi connectivity index (χ2v) is 5.14. The maximum Gasteiger partial charge on any atom is 0.257 e. The standard InChI is InChI=1S/C13H19N5O2/c1-10-8-17(6-7-18-5-3-4-14-18)9-12(19-10)13-15-11(2)16-20-13/h3-5,10,12H,6-9H2,1-2H3/t10-,12-/m1/s1. The first-order valence-corrected chi connectivity index (χ1v) is 6.86. The molecule has 7 nitrogen and oxygen atoms in total. The van der Waals surface area contributed by atoms with Crippen molar-refractivity contribution >= 4 is 0 Å². The van der Waals surface area contributed by atoms with E-state index < -0.39 is 0 Å². The maximum absolute atomic E-state index is 5.89. The van der Waals surface area contributed by atoms with Crippen LogP contribution in [0.25, 0.3) is 0 Å². The second kappa shape index (κ2) is 5.72. The zero-order valence-electron chi connectivity index (χ0n) is 11.8. The lowest BCUT2D eigenvalue weighted by Gasteiger charge is -2.35. The van der Waals surface area contributed by atoms with Gasteiger partial charge in [-0.1, -0.05) is 5.16 Å². The predicted molar refractivity (Wildman–Crippen MR) is 71.0 cm³/mol. The van der Waals surface area contributed by atoms with Crippen LogP contribution in [-0.2, 0) is 11.3 Å². The average Bonchev–Trinajstić information content (AvgIpc) is 3.07. The van der Waals surface area contributed by atoms with Crippen LogP contribution < -0.4 is 0 Å². The maximum atomic E-state index is 5.89. The van der Waals surface area contributed by atoms with Gasteiger partial charge in [0.15, 0.2) is 5.82 Å². The molecule has 1 fully saturated rings. The number of nitrogens with zero attached hydrogens (tertiary/aromatic N) is 5. The zero-order chi connectivity index (χ0) is 13.9. The fraction of sp³-hybridized carbons (Fsp3) is 0.615. The topological polar surface area (TPSA) is 69.2 Å². The number of hydrogen-bond acceptors (Lipinski definition) is 6. The van der Waals surface area contributed by atoms with Crippen molar-refractivity contribution in [1.29, 1.82) is 0 Å². The van der Waals surface area contributed by atoms with Gasteiger partial charge in [0.25, 0.3) is 5.89 Å². The molecule has 3 heterocycles. The van der Waals surface area contributed by atoms with Crippen molar-refractivity contribution < 1.29 is 9.26 Å². The van der Waals surface area contributed by atoms with Gasteiger partial charge in [0.1, 0.15) is 6.10 Å². The fourth-order valence-corrected chi connectivity index (χ4v) is 2.48. The minimum atomic E-state index is -0.141. The molecule has 108 valence electrons. The monoisotopic (exact) mass is 277 g/mol. The molecule has 0 radical (unpaired) electrons. The van der Waals surface area contributed by atoms with Gasteiger partial charge < -0.3 is 9.26 Å². The Balaban J connectivity index is 1.61. The normalized spacial score (nSPS) is 24.1. The Kier molecular flexibility index (Phi) is 3.79. The summed E-state index contributed by atoms with van der Waals surface area (Å²) in [5, 5.41) is 8.05. The molecule has 1 aliphatic rings. The third-order valence-corrected chi connectivity index (χ3v) is 3.36. The molecule has 0 unspecified atom stereocenters. The van der Waals surface area contributed by atoms with Crippen LogP contribution in [0.3, 0.4) is 0 Å². The van der Waals surface area contributed by atoms with Gasteiger partial charge in [0.05, 0.1) is 12.6 Å². The van der Waals surface area contributed by atoms with Crippen molar-refractivity contribution in [1.82, 2.24) is 24.8 Å². The van der Waals surface area contributed by atoms with Crippen LogP contribution in [0, 0.1) is 6.92 Å². The van der Waals surface area contributed by atoms with E-state index in [2.05, 4.69) is 27.1 Å². The summed E-state index contributed by atoms with van der Waals surface area (Å²) in [5.41, 5.74) is 0. The zero-order valence-corrected chi connectivity index (χ0v) is 11.8. The number of rotatable bonds is 4. The average molecular weight is 277 g/mol. The van der Waals surface area contributed by atoms with Crippen molar-refractivity contribution in [2.75, 3.05) is 19.6 Å². The molecule has 20 heavy (non-hydrogen) atoms. The van der Waals surface area contributed by atoms with Crippen molar-refractivity contribution in [3.8, 4) is 0 Å². The molecule has 0 amide bonds. The molecular formula is C13H19N5O2. The molecule has 0 spiro atoms. The highest BCUT2D eigenvalue weighted by molar-refractivity contribution is 4.92. The Morgan fingerprint density at radius 3 is 2.95 bits per heavy atom. The SMILES string of the molecule is Cc1noc([C@H]2CN(CCn3cccn3)C[C@@H](C)O2)n1. The first kappa shape index (κ1) is 13.3. The van der Waals surface area contributed by atoms with E-state index in [9.17, 15) is 0 Å². The van der Waals surface area contributed by atoms with Gasteiger partial charge in [-0.2, -0.15) is 10.1 Å². The summed E-state index contributed by atoms with van der Waals surface area (Å²) in [6, 6.07) is 1.94. The first-order valence-electron chi connectivity index (χ1n) is 6.86. The van der Waals surface area contributed by atoms with Crippen LogP contribution in [-0.4, -0.2) is 50.6 Å². The molecule has 2 aromatic rings. The molecule has 0 bridgehead atoms. The summed E-state index contributed by atoms with van der Waals surface area (Å²) >= 11 is 0. The van der Waals surface area contributed by atoms with E-state index in [1.807, 2.05) is 23.9 Å². The molecule has 1 aliphatic heterocycles. The van der Waals surface area contributed by atoms with E-state index in [1.165, 1.54) is 0 Å². The largest absolute Gasteiger partial charge is 0.363 e. The molecule has 2 aromatic heterocycles. The van der Waals surface area contributed by atoms with Gasteiger partial charge >= 0.3 is 0 Å². The van der Waals surface area contributed by atoms with Gasteiger partial charge in [0.2, 0.25) is 0 Å². The molecule has 7 heteroatoms. The number of morpholine rings is 1. The van der Waals surface area contributed by atoms with E-state index in [0.29, 0.717) is 11.7 Å². The van der Waals surface area contributed by atoms with E-state index in [0.717, 1.165) is 26.2 Å². The Labute approximate surface area is 117 Å². The smallest absolute Gasteiger partial charge is 0.257 e. The molecule has 0 aliphatic carbocycles. The number of ether oxygens (including phenoxy) is 1. The Bertz CT molecular complexity index is 539. The summed E-state index contributed by atoms with van der Waals surface area (Å²) in [7, 11) is 0. The van der Waals surface area contributed by atoms with E-state index in [-0.39, 0.29) is 12.2 Å². The third-order valence-electron chi connectivity index (χ3n) is 3.36. The van der Waals surface area contributed by atoms with E-state index in [1.54, 1.807) is 6.20 Å². The molecule has 3 rings (SSSR count). The van der Waals surface area contributed by atoms with Crippen LogP contribution >= 0.6 is 0 Å². The van der Waals surface area contributed by atoms with Crippen molar-refractivity contribution in [2.24, 2.45) is 0 Å². The van der Waals surface area contributed by atoms with Gasteiger partial charge in [-0.25, -0.2) is 0 Å². The highest BCUT2D eigenvalue weighted by Crippen LogP contribution is 2.23. The molecule has 0 aromatic carbocycles. The summed E-state index contributed by atoms with van der Waals surface area (Å²) < 4.78 is 13.0. The quantitative estimate of drug-likeness (QED) is 0.831. The van der Waals surface area contributed by atoms with Crippen LogP contribution in [0.15, 0.2) is 23.0 Å². The summed E-state index contributed by atoms with van der Waals surface area (Å²) in [5.74, 6) is 1.21. The molecule has 0 N–H and O–H groups in total. The first-order chi connectivity index (χ1) is 9.70. The van der Waals surface area contributed by atoms with Crippen LogP contribution in [0.5, 0.6) is 0 Å². The molecule has 2 atom stereocenters. The summed E-state index contributed by atoms with van der Waals surface area (Å²) in [6.07, 6.45) is 3.78. The van der Waals surface area contributed by atoms with E-state index >= 15 is 0 Å². The highest BCUT2D eigenvalue weighted by atomic mass is 16.5. The van der Waals surface area contributed by atoms with Crippen LogP contribution in [0.2, 0.25) is 0 Å². The molecule has 1 saturated heterocycles. The van der Waals surface area contributed by atoms with Crippen molar-refractivity contribution in [2.45, 2.75) is 32.6 Å². The minimum absolute atomic E-state index is 0.141. The number of aromatic nitrogens is 4. The lowest BCUT2D eigenvalue weighted by atomic mass is 10.2. The third kappa shape index (κ3) is 3.05. The predicted octanol–water partition coefficient (Wildman–Crippen LogP) is 1.04.